The lowest BCUT2D eigenvalue weighted by Gasteiger charge is -2.12. The van der Waals surface area contributed by atoms with E-state index in [1.807, 2.05) is 26.8 Å². The van der Waals surface area contributed by atoms with Crippen LogP contribution in [0.5, 0.6) is 0 Å². The molecule has 0 aromatic rings. The van der Waals surface area contributed by atoms with Crippen molar-refractivity contribution in [3.05, 3.63) is 24.8 Å². The van der Waals surface area contributed by atoms with Gasteiger partial charge in [-0.15, -0.1) is 13.2 Å². The predicted molar refractivity (Wildman–Crippen MR) is 82.6 cm³/mol. The Labute approximate surface area is 118 Å². The van der Waals surface area contributed by atoms with Gasteiger partial charge in [0.15, 0.2) is 0 Å². The van der Waals surface area contributed by atoms with E-state index in [4.69, 9.17) is 5.73 Å². The van der Waals surface area contributed by atoms with Crippen LogP contribution in [0.1, 0.15) is 47.0 Å². The SMILES string of the molecule is C=C(C)CC(CC(N)=O)C(=O)NC.C=CCC.CC. The van der Waals surface area contributed by atoms with Gasteiger partial charge in [0, 0.05) is 13.5 Å². The first-order valence-corrected chi connectivity index (χ1v) is 6.64. The lowest BCUT2D eigenvalue weighted by atomic mass is 9.96. The summed E-state index contributed by atoms with van der Waals surface area (Å²) in [4.78, 5) is 21.8. The van der Waals surface area contributed by atoms with Crippen molar-refractivity contribution in [3.63, 3.8) is 0 Å². The molecule has 2 amide bonds. The van der Waals surface area contributed by atoms with Crippen LogP contribution in [-0.2, 0) is 9.59 Å². The highest BCUT2D eigenvalue weighted by Crippen LogP contribution is 2.13. The minimum Gasteiger partial charge on any atom is -0.370 e. The topological polar surface area (TPSA) is 72.2 Å². The summed E-state index contributed by atoms with van der Waals surface area (Å²) < 4.78 is 0. The molecule has 0 aromatic carbocycles. The Bertz CT molecular complexity index is 257. The van der Waals surface area contributed by atoms with Crippen LogP contribution in [0.25, 0.3) is 0 Å². The second-order valence-corrected chi connectivity index (χ2v) is 3.84. The van der Waals surface area contributed by atoms with Crippen LogP contribution in [0.3, 0.4) is 0 Å². The number of nitrogens with two attached hydrogens (primary N) is 1. The summed E-state index contributed by atoms with van der Waals surface area (Å²) in [6, 6.07) is 0. The molecule has 0 fully saturated rings. The summed E-state index contributed by atoms with van der Waals surface area (Å²) >= 11 is 0. The Hall–Kier alpha value is -1.58. The second kappa shape index (κ2) is 16.4. The molecule has 0 heterocycles. The first-order valence-electron chi connectivity index (χ1n) is 6.64. The Morgan fingerprint density at radius 3 is 1.95 bits per heavy atom. The second-order valence-electron chi connectivity index (χ2n) is 3.84. The van der Waals surface area contributed by atoms with Gasteiger partial charge < -0.3 is 11.1 Å². The molecule has 0 spiro atoms. The fourth-order valence-electron chi connectivity index (χ4n) is 1.13. The van der Waals surface area contributed by atoms with Gasteiger partial charge >= 0.3 is 0 Å². The van der Waals surface area contributed by atoms with Gasteiger partial charge in [0.25, 0.3) is 0 Å². The van der Waals surface area contributed by atoms with E-state index in [0.717, 1.165) is 12.0 Å². The van der Waals surface area contributed by atoms with Gasteiger partial charge in [-0.25, -0.2) is 0 Å². The highest BCUT2D eigenvalue weighted by atomic mass is 16.2. The molecule has 4 heteroatoms. The molecular weight excluding hydrogens is 240 g/mol. The number of amides is 2. The molecule has 19 heavy (non-hydrogen) atoms. The largest absolute Gasteiger partial charge is 0.370 e. The van der Waals surface area contributed by atoms with Crippen LogP contribution in [0.4, 0.5) is 0 Å². The van der Waals surface area contributed by atoms with Crippen molar-refractivity contribution in [3.8, 4) is 0 Å². The molecule has 112 valence electrons. The number of carbonyl (C=O) groups is 2. The van der Waals surface area contributed by atoms with E-state index in [-0.39, 0.29) is 18.2 Å². The van der Waals surface area contributed by atoms with Crippen LogP contribution in [0.15, 0.2) is 24.8 Å². The molecule has 4 nitrogen and oxygen atoms in total. The van der Waals surface area contributed by atoms with Crippen molar-refractivity contribution in [2.24, 2.45) is 11.7 Å². The molecule has 1 atom stereocenters. The molecule has 0 bridgehead atoms. The average molecular weight is 270 g/mol. The number of nitrogens with one attached hydrogen (secondary N) is 1. The van der Waals surface area contributed by atoms with Crippen LogP contribution < -0.4 is 11.1 Å². The van der Waals surface area contributed by atoms with E-state index < -0.39 is 5.91 Å². The zero-order valence-corrected chi connectivity index (χ0v) is 13.1. The summed E-state index contributed by atoms with van der Waals surface area (Å²) in [6.07, 6.45) is 3.54. The lowest BCUT2D eigenvalue weighted by molar-refractivity contribution is -0.128. The Kier molecular flexibility index (Phi) is 19.5. The predicted octanol–water partition coefficient (Wildman–Crippen LogP) is 2.80. The summed E-state index contributed by atoms with van der Waals surface area (Å²) in [7, 11) is 1.54. The van der Waals surface area contributed by atoms with Gasteiger partial charge in [-0.3, -0.25) is 9.59 Å². The smallest absolute Gasteiger partial charge is 0.223 e. The number of hydrogen-bond donors (Lipinski definition) is 2. The third kappa shape index (κ3) is 19.0. The fraction of sp³-hybridized carbons (Fsp3) is 0.600. The Balaban J connectivity index is -0.000000361. The maximum Gasteiger partial charge on any atom is 0.223 e. The first kappa shape index (κ1) is 22.6. The van der Waals surface area contributed by atoms with E-state index >= 15 is 0 Å². The molecule has 3 N–H and O–H groups in total. The third-order valence-corrected chi connectivity index (χ3v) is 1.95. The molecule has 0 aromatic heterocycles. The van der Waals surface area contributed by atoms with Gasteiger partial charge in [0.2, 0.25) is 11.8 Å². The van der Waals surface area contributed by atoms with Gasteiger partial charge in [-0.05, 0) is 19.8 Å². The summed E-state index contributed by atoms with van der Waals surface area (Å²) in [6.45, 7) is 15.0. The zero-order valence-electron chi connectivity index (χ0n) is 13.1. The normalized spacial score (nSPS) is 9.74. The average Bonchev–Trinajstić information content (AvgIpc) is 2.38. The molecule has 0 aliphatic heterocycles. The minimum atomic E-state index is -0.463. The van der Waals surface area contributed by atoms with E-state index in [1.165, 1.54) is 7.05 Å². The molecule has 0 aliphatic carbocycles. The van der Waals surface area contributed by atoms with Crippen molar-refractivity contribution in [2.45, 2.75) is 47.0 Å². The molecule has 1 unspecified atom stereocenters. The van der Waals surface area contributed by atoms with Crippen LogP contribution in [0, 0.1) is 5.92 Å². The molecule has 0 rings (SSSR count). The van der Waals surface area contributed by atoms with Crippen molar-refractivity contribution in [1.82, 2.24) is 5.32 Å². The Morgan fingerprint density at radius 2 is 1.74 bits per heavy atom. The highest BCUT2D eigenvalue weighted by molar-refractivity contribution is 5.85. The maximum absolute atomic E-state index is 11.2. The van der Waals surface area contributed by atoms with E-state index in [1.54, 1.807) is 0 Å². The number of rotatable bonds is 6. The quantitative estimate of drug-likeness (QED) is 0.728. The standard InChI is InChI=1S/C9H16N2O2.C4H8.C2H6/c1-6(2)4-7(5-8(10)12)9(13)11-3;1-3-4-2;1-2/h7H,1,4-5H2,2-3H3,(H2,10,12)(H,11,13);3H,1,4H2,2H3;1-2H3. The van der Waals surface area contributed by atoms with Crippen molar-refractivity contribution >= 4 is 11.8 Å². The number of primary amides is 1. The van der Waals surface area contributed by atoms with Crippen LogP contribution in [-0.4, -0.2) is 18.9 Å². The van der Waals surface area contributed by atoms with Crippen molar-refractivity contribution in [1.29, 1.82) is 0 Å². The molecule has 0 aliphatic rings. The lowest BCUT2D eigenvalue weighted by Crippen LogP contribution is -2.31. The summed E-state index contributed by atoms with van der Waals surface area (Å²) in [5.74, 6) is -1.00. The monoisotopic (exact) mass is 270 g/mol. The molecule has 0 radical (unpaired) electrons. The minimum absolute atomic E-state index is 0.0759. The third-order valence-electron chi connectivity index (χ3n) is 1.95. The van der Waals surface area contributed by atoms with Crippen molar-refractivity contribution < 1.29 is 9.59 Å². The van der Waals surface area contributed by atoms with E-state index in [0.29, 0.717) is 6.42 Å². The number of carbonyl (C=O) groups excluding carboxylic acids is 2. The van der Waals surface area contributed by atoms with Crippen LogP contribution in [0.2, 0.25) is 0 Å². The van der Waals surface area contributed by atoms with Crippen LogP contribution >= 0.6 is 0 Å². The molecule has 0 saturated heterocycles. The fourth-order valence-corrected chi connectivity index (χ4v) is 1.13. The van der Waals surface area contributed by atoms with Gasteiger partial charge in [-0.2, -0.15) is 0 Å². The molecular formula is C15H30N2O2. The zero-order chi connectivity index (χ0) is 15.8. The summed E-state index contributed by atoms with van der Waals surface area (Å²) in [5.41, 5.74) is 5.88. The first-order chi connectivity index (χ1) is 8.88. The van der Waals surface area contributed by atoms with Gasteiger partial charge in [0.1, 0.15) is 0 Å². The number of allylic oxidation sites excluding steroid dienone is 2. The van der Waals surface area contributed by atoms with Gasteiger partial charge in [-0.1, -0.05) is 32.4 Å². The number of hydrogen-bond acceptors (Lipinski definition) is 2. The van der Waals surface area contributed by atoms with E-state index in [9.17, 15) is 9.59 Å². The Morgan fingerprint density at radius 1 is 1.32 bits per heavy atom. The molecule has 0 saturated carbocycles. The highest BCUT2D eigenvalue weighted by Gasteiger charge is 2.19. The van der Waals surface area contributed by atoms with Crippen molar-refractivity contribution in [2.75, 3.05) is 7.05 Å². The maximum atomic E-state index is 11.2. The summed E-state index contributed by atoms with van der Waals surface area (Å²) in [5, 5.41) is 2.49. The van der Waals surface area contributed by atoms with E-state index in [2.05, 4.69) is 25.4 Å². The van der Waals surface area contributed by atoms with Gasteiger partial charge in [0.05, 0.1) is 5.92 Å².